The predicted octanol–water partition coefficient (Wildman–Crippen LogP) is 3.07. The highest BCUT2D eigenvalue weighted by atomic mass is 79.9. The van der Waals surface area contributed by atoms with Crippen LogP contribution in [0.4, 0.5) is 11.4 Å². The van der Waals surface area contributed by atoms with E-state index in [0.717, 1.165) is 46.6 Å². The summed E-state index contributed by atoms with van der Waals surface area (Å²) in [6.45, 7) is 1.83. The Labute approximate surface area is 154 Å². The van der Waals surface area contributed by atoms with Gasteiger partial charge in [0.2, 0.25) is 0 Å². The molecule has 0 bridgehead atoms. The third-order valence-corrected chi connectivity index (χ3v) is 5.26. The summed E-state index contributed by atoms with van der Waals surface area (Å²) >= 11 is 3.57. The smallest absolute Gasteiger partial charge is 0.161 e. The Morgan fingerprint density at radius 2 is 2.28 bits per heavy atom. The molecule has 0 aromatic carbocycles. The molecule has 1 atom stereocenters. The molecule has 7 heteroatoms. The van der Waals surface area contributed by atoms with Crippen molar-refractivity contribution in [2.75, 3.05) is 23.4 Å². The van der Waals surface area contributed by atoms with Crippen molar-refractivity contribution in [3.05, 3.63) is 53.2 Å². The molecule has 1 aliphatic rings. The molecule has 0 saturated carbocycles. The average molecular weight is 402 g/mol. The van der Waals surface area contributed by atoms with Gasteiger partial charge in [-0.15, -0.1) is 0 Å². The third kappa shape index (κ3) is 3.21. The molecule has 0 radical (unpaired) electrons. The maximum atomic E-state index is 9.65. The minimum Gasteiger partial charge on any atom is -0.394 e. The average Bonchev–Trinajstić information content (AvgIpc) is 3.27. The number of aliphatic hydroxyl groups excluding tert-OH is 1. The van der Waals surface area contributed by atoms with Gasteiger partial charge in [0.05, 0.1) is 30.2 Å². The molecule has 1 unspecified atom stereocenters. The number of pyridine rings is 2. The quantitative estimate of drug-likeness (QED) is 0.687. The van der Waals surface area contributed by atoms with Crippen LogP contribution in [0.25, 0.3) is 5.65 Å². The Morgan fingerprint density at radius 1 is 1.36 bits per heavy atom. The summed E-state index contributed by atoms with van der Waals surface area (Å²) in [5.74, 6) is 0. The highest BCUT2D eigenvalue weighted by molar-refractivity contribution is 9.10. The number of anilines is 2. The summed E-state index contributed by atoms with van der Waals surface area (Å²) < 4.78 is 2.95. The van der Waals surface area contributed by atoms with Gasteiger partial charge in [0.15, 0.2) is 5.65 Å². The van der Waals surface area contributed by atoms with E-state index in [1.807, 2.05) is 28.9 Å². The molecule has 3 aromatic heterocycles. The summed E-state index contributed by atoms with van der Waals surface area (Å²) in [6, 6.07) is 6.29. The summed E-state index contributed by atoms with van der Waals surface area (Å²) in [5, 5.41) is 13.1. The first-order chi connectivity index (χ1) is 12.3. The zero-order chi connectivity index (χ0) is 17.2. The fourth-order valence-electron chi connectivity index (χ4n) is 3.40. The van der Waals surface area contributed by atoms with Gasteiger partial charge in [0.1, 0.15) is 4.60 Å². The van der Waals surface area contributed by atoms with Gasteiger partial charge in [-0.2, -0.15) is 0 Å². The molecule has 1 saturated heterocycles. The molecule has 6 nitrogen and oxygen atoms in total. The van der Waals surface area contributed by atoms with Crippen LogP contribution in [-0.4, -0.2) is 38.7 Å². The van der Waals surface area contributed by atoms with Crippen LogP contribution < -0.4 is 10.2 Å². The summed E-state index contributed by atoms with van der Waals surface area (Å²) in [4.78, 5) is 10.9. The van der Waals surface area contributed by atoms with E-state index < -0.39 is 0 Å². The van der Waals surface area contributed by atoms with Crippen LogP contribution in [0.5, 0.6) is 0 Å². The Bertz CT molecular complexity index is 867. The van der Waals surface area contributed by atoms with Gasteiger partial charge in [-0.3, -0.25) is 9.38 Å². The molecule has 1 aliphatic heterocycles. The molecule has 2 N–H and O–H groups in total. The maximum Gasteiger partial charge on any atom is 0.161 e. The Balaban J connectivity index is 1.69. The van der Waals surface area contributed by atoms with Crippen molar-refractivity contribution in [3.8, 4) is 0 Å². The van der Waals surface area contributed by atoms with Gasteiger partial charge < -0.3 is 15.3 Å². The molecule has 3 aromatic rings. The number of halogens is 1. The van der Waals surface area contributed by atoms with E-state index in [1.165, 1.54) is 0 Å². The third-order valence-electron chi connectivity index (χ3n) is 4.67. The van der Waals surface area contributed by atoms with Crippen LogP contribution in [-0.2, 0) is 6.54 Å². The Kier molecular flexibility index (Phi) is 4.59. The van der Waals surface area contributed by atoms with Crippen LogP contribution >= 0.6 is 15.9 Å². The first-order valence-electron chi connectivity index (χ1n) is 8.43. The molecule has 25 heavy (non-hydrogen) atoms. The fraction of sp³-hybridized carbons (Fsp3) is 0.333. The van der Waals surface area contributed by atoms with Crippen molar-refractivity contribution >= 4 is 33.0 Å². The largest absolute Gasteiger partial charge is 0.394 e. The number of fused-ring (bicyclic) bond motifs is 1. The van der Waals surface area contributed by atoms with E-state index in [4.69, 9.17) is 0 Å². The van der Waals surface area contributed by atoms with E-state index in [-0.39, 0.29) is 12.6 Å². The van der Waals surface area contributed by atoms with Crippen molar-refractivity contribution < 1.29 is 5.11 Å². The number of hydrogen-bond acceptors (Lipinski definition) is 5. The number of rotatable bonds is 5. The highest BCUT2D eigenvalue weighted by Gasteiger charge is 2.25. The normalized spacial score (nSPS) is 17.4. The zero-order valence-electron chi connectivity index (χ0n) is 13.8. The van der Waals surface area contributed by atoms with Crippen molar-refractivity contribution in [1.29, 1.82) is 0 Å². The molecule has 1 fully saturated rings. The van der Waals surface area contributed by atoms with Crippen LogP contribution in [0.1, 0.15) is 18.4 Å². The van der Waals surface area contributed by atoms with Crippen LogP contribution in [0.3, 0.4) is 0 Å². The molecule has 0 aliphatic carbocycles. The predicted molar refractivity (Wildman–Crippen MR) is 102 cm³/mol. The maximum absolute atomic E-state index is 9.65. The lowest BCUT2D eigenvalue weighted by molar-refractivity contribution is 0.266. The lowest BCUT2D eigenvalue weighted by atomic mass is 10.2. The van der Waals surface area contributed by atoms with Crippen LogP contribution in [0.15, 0.2) is 47.6 Å². The van der Waals surface area contributed by atoms with Gasteiger partial charge in [-0.05, 0) is 46.5 Å². The molecule has 0 amide bonds. The number of aromatic nitrogens is 3. The minimum atomic E-state index is 0.182. The highest BCUT2D eigenvalue weighted by Crippen LogP contribution is 2.31. The second kappa shape index (κ2) is 7.01. The second-order valence-corrected chi connectivity index (χ2v) is 7.09. The molecular weight excluding hydrogens is 382 g/mol. The van der Waals surface area contributed by atoms with Gasteiger partial charge in [-0.1, -0.05) is 6.07 Å². The molecule has 4 rings (SSSR count). The van der Waals surface area contributed by atoms with Crippen molar-refractivity contribution in [2.24, 2.45) is 0 Å². The SMILES string of the molecule is OCC1CCCN1c1cc(NCc2cccnc2)c2ncc(Br)n2c1. The standard InChI is InChI=1S/C18H20BrN5O/c19-17-10-22-18-16(21-9-13-3-1-5-20-8-13)7-15(11-24(17)18)23-6-2-4-14(23)12-25/h1,3,5,7-8,10-11,14,21,25H,2,4,6,9,12H2. The van der Waals surface area contributed by atoms with Gasteiger partial charge in [0.25, 0.3) is 0 Å². The number of nitrogens with zero attached hydrogens (tertiary/aromatic N) is 4. The molecule has 4 heterocycles. The van der Waals surface area contributed by atoms with Crippen molar-refractivity contribution in [3.63, 3.8) is 0 Å². The van der Waals surface area contributed by atoms with Crippen molar-refractivity contribution in [2.45, 2.75) is 25.4 Å². The number of hydrogen-bond donors (Lipinski definition) is 2. The van der Waals surface area contributed by atoms with Crippen molar-refractivity contribution in [1.82, 2.24) is 14.4 Å². The van der Waals surface area contributed by atoms with Crippen LogP contribution in [0.2, 0.25) is 0 Å². The summed E-state index contributed by atoms with van der Waals surface area (Å²) in [7, 11) is 0. The molecule has 130 valence electrons. The Hall–Kier alpha value is -2.12. The Morgan fingerprint density at radius 3 is 3.08 bits per heavy atom. The summed E-state index contributed by atoms with van der Waals surface area (Å²) in [5.41, 5.74) is 4.05. The van der Waals surface area contributed by atoms with E-state index >= 15 is 0 Å². The number of imidazole rings is 1. The van der Waals surface area contributed by atoms with Gasteiger partial charge in [-0.25, -0.2) is 4.98 Å². The second-order valence-electron chi connectivity index (χ2n) is 6.27. The van der Waals surface area contributed by atoms with Gasteiger partial charge in [0, 0.05) is 31.7 Å². The topological polar surface area (TPSA) is 65.7 Å². The zero-order valence-corrected chi connectivity index (χ0v) is 15.4. The van der Waals surface area contributed by atoms with Crippen LogP contribution in [0, 0.1) is 0 Å². The fourth-order valence-corrected chi connectivity index (χ4v) is 3.77. The molecule has 0 spiro atoms. The number of nitrogens with one attached hydrogen (secondary N) is 1. The van der Waals surface area contributed by atoms with E-state index in [0.29, 0.717) is 6.54 Å². The first kappa shape index (κ1) is 16.4. The lowest BCUT2D eigenvalue weighted by Gasteiger charge is -2.26. The summed E-state index contributed by atoms with van der Waals surface area (Å²) in [6.07, 6.45) is 9.65. The van der Waals surface area contributed by atoms with Gasteiger partial charge >= 0.3 is 0 Å². The lowest BCUT2D eigenvalue weighted by Crippen LogP contribution is -2.32. The van der Waals surface area contributed by atoms with E-state index in [2.05, 4.69) is 48.4 Å². The van der Waals surface area contributed by atoms with E-state index in [9.17, 15) is 5.11 Å². The first-order valence-corrected chi connectivity index (χ1v) is 9.22. The number of aliphatic hydroxyl groups is 1. The van der Waals surface area contributed by atoms with E-state index in [1.54, 1.807) is 6.20 Å². The monoisotopic (exact) mass is 401 g/mol. The molecular formula is C18H20BrN5O. The minimum absolute atomic E-state index is 0.182.